The number of benzene rings is 1. The first kappa shape index (κ1) is 15.1. The molecule has 0 radical (unpaired) electrons. The average Bonchev–Trinajstić information content (AvgIpc) is 2.49. The molecule has 3 rings (SSSR count). The van der Waals surface area contributed by atoms with Crippen LogP contribution in [0.25, 0.3) is 0 Å². The SMILES string of the molecule is CNC1c2ccccc2CCC1N1CC(C)CC(C)C1C. The van der Waals surface area contributed by atoms with Gasteiger partial charge in [0.1, 0.15) is 0 Å². The number of piperidine rings is 1. The molecule has 1 aromatic carbocycles. The van der Waals surface area contributed by atoms with E-state index < -0.39 is 0 Å². The minimum absolute atomic E-state index is 0.481. The van der Waals surface area contributed by atoms with Crippen molar-refractivity contribution in [2.45, 2.75) is 58.2 Å². The molecule has 1 aliphatic carbocycles. The Bertz CT molecular complexity index is 484. The fourth-order valence-corrected chi connectivity index (χ4v) is 4.64. The van der Waals surface area contributed by atoms with Crippen LogP contribution >= 0.6 is 0 Å². The van der Waals surface area contributed by atoms with Gasteiger partial charge < -0.3 is 5.32 Å². The van der Waals surface area contributed by atoms with E-state index >= 15 is 0 Å². The third-order valence-corrected chi connectivity index (χ3v) is 5.86. The second-order valence-corrected chi connectivity index (χ2v) is 7.33. The number of nitrogens with zero attached hydrogens (tertiary/aromatic N) is 1. The van der Waals surface area contributed by atoms with Gasteiger partial charge in [-0.05, 0) is 56.2 Å². The normalized spacial score (nSPS) is 37.2. The molecule has 1 aromatic rings. The lowest BCUT2D eigenvalue weighted by Gasteiger charge is -2.49. The first-order valence-corrected chi connectivity index (χ1v) is 8.62. The summed E-state index contributed by atoms with van der Waals surface area (Å²) >= 11 is 0. The van der Waals surface area contributed by atoms with Gasteiger partial charge in [-0.3, -0.25) is 4.90 Å². The van der Waals surface area contributed by atoms with Crippen LogP contribution in [-0.2, 0) is 6.42 Å². The molecule has 1 heterocycles. The predicted molar refractivity (Wildman–Crippen MR) is 89.5 cm³/mol. The molecular weight excluding hydrogens is 256 g/mol. The van der Waals surface area contributed by atoms with Crippen molar-refractivity contribution in [3.05, 3.63) is 35.4 Å². The van der Waals surface area contributed by atoms with Crippen LogP contribution in [0.3, 0.4) is 0 Å². The predicted octanol–water partition coefficient (Wildman–Crippen LogP) is 3.63. The van der Waals surface area contributed by atoms with Gasteiger partial charge in [-0.25, -0.2) is 0 Å². The number of likely N-dealkylation sites (tertiary alicyclic amines) is 1. The molecule has 0 saturated carbocycles. The third-order valence-electron chi connectivity index (χ3n) is 5.86. The molecule has 5 unspecified atom stereocenters. The van der Waals surface area contributed by atoms with Crippen LogP contribution in [0, 0.1) is 11.8 Å². The Balaban J connectivity index is 1.88. The van der Waals surface area contributed by atoms with Crippen molar-refractivity contribution < 1.29 is 0 Å². The van der Waals surface area contributed by atoms with E-state index in [9.17, 15) is 0 Å². The quantitative estimate of drug-likeness (QED) is 0.893. The molecule has 1 aliphatic heterocycles. The zero-order valence-corrected chi connectivity index (χ0v) is 14.0. The van der Waals surface area contributed by atoms with E-state index in [2.05, 4.69) is 62.3 Å². The van der Waals surface area contributed by atoms with E-state index in [1.54, 1.807) is 5.56 Å². The van der Waals surface area contributed by atoms with Crippen LogP contribution in [0.5, 0.6) is 0 Å². The van der Waals surface area contributed by atoms with Crippen molar-refractivity contribution in [1.29, 1.82) is 0 Å². The Hall–Kier alpha value is -0.860. The molecule has 1 saturated heterocycles. The van der Waals surface area contributed by atoms with Crippen molar-refractivity contribution in [2.75, 3.05) is 13.6 Å². The van der Waals surface area contributed by atoms with Gasteiger partial charge in [-0.1, -0.05) is 38.1 Å². The Labute approximate surface area is 129 Å². The van der Waals surface area contributed by atoms with E-state index in [1.165, 1.54) is 31.4 Å². The minimum atomic E-state index is 0.481. The summed E-state index contributed by atoms with van der Waals surface area (Å²) in [6, 6.07) is 10.8. The molecule has 0 spiro atoms. The minimum Gasteiger partial charge on any atom is -0.312 e. The average molecular weight is 286 g/mol. The maximum atomic E-state index is 3.62. The topological polar surface area (TPSA) is 15.3 Å². The lowest BCUT2D eigenvalue weighted by Crippen LogP contribution is -2.55. The maximum absolute atomic E-state index is 3.62. The number of rotatable bonds is 2. The highest BCUT2D eigenvalue weighted by Gasteiger charge is 2.38. The highest BCUT2D eigenvalue weighted by molar-refractivity contribution is 5.34. The summed E-state index contributed by atoms with van der Waals surface area (Å²) < 4.78 is 0. The maximum Gasteiger partial charge on any atom is 0.0478 e. The number of fused-ring (bicyclic) bond motifs is 1. The van der Waals surface area contributed by atoms with E-state index in [-0.39, 0.29) is 0 Å². The second-order valence-electron chi connectivity index (χ2n) is 7.33. The molecule has 0 aromatic heterocycles. The molecule has 1 fully saturated rings. The van der Waals surface area contributed by atoms with Crippen LogP contribution in [-0.4, -0.2) is 30.6 Å². The molecule has 1 N–H and O–H groups in total. The van der Waals surface area contributed by atoms with Gasteiger partial charge in [-0.15, -0.1) is 0 Å². The Morgan fingerprint density at radius 2 is 1.90 bits per heavy atom. The lowest BCUT2D eigenvalue weighted by molar-refractivity contribution is 0.0192. The number of nitrogens with one attached hydrogen (secondary N) is 1. The molecular formula is C19H30N2. The van der Waals surface area contributed by atoms with E-state index in [1.807, 2.05) is 0 Å². The summed E-state index contributed by atoms with van der Waals surface area (Å²) in [5, 5.41) is 3.62. The van der Waals surface area contributed by atoms with Gasteiger partial charge in [0.25, 0.3) is 0 Å². The van der Waals surface area contributed by atoms with Crippen LogP contribution in [0.2, 0.25) is 0 Å². The van der Waals surface area contributed by atoms with Gasteiger partial charge >= 0.3 is 0 Å². The summed E-state index contributed by atoms with van der Waals surface area (Å²) in [5.74, 6) is 1.63. The van der Waals surface area contributed by atoms with E-state index in [0.29, 0.717) is 18.1 Å². The second kappa shape index (κ2) is 6.10. The summed E-state index contributed by atoms with van der Waals surface area (Å²) in [5.41, 5.74) is 3.06. The molecule has 0 amide bonds. The number of aryl methyl sites for hydroxylation is 1. The first-order valence-electron chi connectivity index (χ1n) is 8.62. The monoisotopic (exact) mass is 286 g/mol. The molecule has 2 aliphatic rings. The van der Waals surface area contributed by atoms with Crippen LogP contribution < -0.4 is 5.32 Å². The van der Waals surface area contributed by atoms with Crippen molar-refractivity contribution in [3.63, 3.8) is 0 Å². The van der Waals surface area contributed by atoms with E-state index in [0.717, 1.165) is 11.8 Å². The van der Waals surface area contributed by atoms with Gasteiger partial charge in [-0.2, -0.15) is 0 Å². The lowest BCUT2D eigenvalue weighted by atomic mass is 9.79. The Morgan fingerprint density at radius 1 is 1.14 bits per heavy atom. The molecule has 2 heteroatoms. The molecule has 116 valence electrons. The largest absolute Gasteiger partial charge is 0.312 e. The van der Waals surface area contributed by atoms with Crippen molar-refractivity contribution in [2.24, 2.45) is 11.8 Å². The molecule has 0 bridgehead atoms. The van der Waals surface area contributed by atoms with Crippen molar-refractivity contribution in [1.82, 2.24) is 10.2 Å². The number of hydrogen-bond donors (Lipinski definition) is 1. The number of hydrogen-bond acceptors (Lipinski definition) is 2. The van der Waals surface area contributed by atoms with Gasteiger partial charge in [0.15, 0.2) is 0 Å². The first-order chi connectivity index (χ1) is 10.1. The Morgan fingerprint density at radius 3 is 2.67 bits per heavy atom. The van der Waals surface area contributed by atoms with Crippen LogP contribution in [0.15, 0.2) is 24.3 Å². The smallest absolute Gasteiger partial charge is 0.0478 e. The fraction of sp³-hybridized carbons (Fsp3) is 0.684. The molecule has 21 heavy (non-hydrogen) atoms. The highest BCUT2D eigenvalue weighted by atomic mass is 15.2. The van der Waals surface area contributed by atoms with E-state index in [4.69, 9.17) is 0 Å². The number of likely N-dealkylation sites (N-methyl/N-ethyl adjacent to an activating group) is 1. The van der Waals surface area contributed by atoms with Gasteiger partial charge in [0.05, 0.1) is 0 Å². The molecule has 2 nitrogen and oxygen atoms in total. The summed E-state index contributed by atoms with van der Waals surface area (Å²) in [6.45, 7) is 8.54. The zero-order valence-electron chi connectivity index (χ0n) is 14.0. The van der Waals surface area contributed by atoms with Crippen LogP contribution in [0.1, 0.15) is 50.8 Å². The van der Waals surface area contributed by atoms with Gasteiger partial charge in [0, 0.05) is 24.7 Å². The van der Waals surface area contributed by atoms with Crippen molar-refractivity contribution in [3.8, 4) is 0 Å². The fourth-order valence-electron chi connectivity index (χ4n) is 4.64. The van der Waals surface area contributed by atoms with Crippen LogP contribution in [0.4, 0.5) is 0 Å². The Kier molecular flexibility index (Phi) is 4.37. The van der Waals surface area contributed by atoms with Gasteiger partial charge in [0.2, 0.25) is 0 Å². The standard InChI is InChI=1S/C19H30N2/c1-13-11-14(2)15(3)21(12-13)18-10-9-16-7-5-6-8-17(16)19(18)20-4/h5-8,13-15,18-20H,9-12H2,1-4H3. The highest BCUT2D eigenvalue weighted by Crippen LogP contribution is 2.37. The summed E-state index contributed by atoms with van der Waals surface area (Å²) in [6.07, 6.45) is 3.89. The third kappa shape index (κ3) is 2.76. The summed E-state index contributed by atoms with van der Waals surface area (Å²) in [7, 11) is 2.13. The molecule has 5 atom stereocenters. The zero-order chi connectivity index (χ0) is 15.0. The van der Waals surface area contributed by atoms with Crippen molar-refractivity contribution >= 4 is 0 Å². The summed E-state index contributed by atoms with van der Waals surface area (Å²) in [4.78, 5) is 2.80.